The number of rotatable bonds is 9. The van der Waals surface area contributed by atoms with Gasteiger partial charge in [-0.2, -0.15) is 0 Å². The molecule has 0 radical (unpaired) electrons. The van der Waals surface area contributed by atoms with Crippen LogP contribution >= 0.6 is 24.8 Å². The molecule has 0 aromatic heterocycles. The zero-order valence-corrected chi connectivity index (χ0v) is 18.5. The van der Waals surface area contributed by atoms with Crippen LogP contribution in [-0.4, -0.2) is 48.4 Å². The monoisotopic (exact) mass is 432 g/mol. The minimum Gasteiger partial charge on any atom is -0.351 e. The van der Waals surface area contributed by atoms with E-state index >= 15 is 0 Å². The van der Waals surface area contributed by atoms with Crippen LogP contribution < -0.4 is 16.4 Å². The van der Waals surface area contributed by atoms with E-state index in [0.29, 0.717) is 25.1 Å². The van der Waals surface area contributed by atoms with E-state index in [0.717, 1.165) is 31.6 Å². The van der Waals surface area contributed by atoms with Gasteiger partial charge in [-0.1, -0.05) is 25.5 Å². The third kappa shape index (κ3) is 8.35. The molecule has 8 heteroatoms. The van der Waals surface area contributed by atoms with Crippen LogP contribution in [0.4, 0.5) is 0 Å². The highest BCUT2D eigenvalue weighted by Crippen LogP contribution is 2.10. The molecule has 1 unspecified atom stereocenters. The Labute approximate surface area is 180 Å². The van der Waals surface area contributed by atoms with Crippen molar-refractivity contribution in [1.29, 1.82) is 0 Å². The van der Waals surface area contributed by atoms with E-state index < -0.39 is 5.54 Å². The van der Waals surface area contributed by atoms with E-state index in [1.54, 1.807) is 19.1 Å². The number of carbonyl (C=O) groups is 2. The van der Waals surface area contributed by atoms with Crippen LogP contribution in [0.15, 0.2) is 24.3 Å². The summed E-state index contributed by atoms with van der Waals surface area (Å²) in [5.74, 6) is -0.208. The number of nitrogens with one attached hydrogen (secondary N) is 2. The van der Waals surface area contributed by atoms with Gasteiger partial charge in [0.2, 0.25) is 5.91 Å². The van der Waals surface area contributed by atoms with E-state index in [1.807, 2.05) is 19.1 Å². The number of hydrogen-bond acceptors (Lipinski definition) is 4. The normalized spacial score (nSPS) is 15.7. The third-order valence-corrected chi connectivity index (χ3v) is 4.87. The quantitative estimate of drug-likeness (QED) is 0.559. The van der Waals surface area contributed by atoms with Gasteiger partial charge in [0.15, 0.2) is 0 Å². The summed E-state index contributed by atoms with van der Waals surface area (Å²) in [6, 6.07) is 7.31. The Bertz CT molecular complexity index is 603. The van der Waals surface area contributed by atoms with Crippen molar-refractivity contribution in [3.8, 4) is 0 Å². The van der Waals surface area contributed by atoms with E-state index in [-0.39, 0.29) is 36.6 Å². The van der Waals surface area contributed by atoms with Crippen molar-refractivity contribution in [3.05, 3.63) is 35.4 Å². The third-order valence-electron chi connectivity index (χ3n) is 4.87. The molecule has 0 bridgehead atoms. The van der Waals surface area contributed by atoms with Crippen molar-refractivity contribution in [2.24, 2.45) is 5.73 Å². The van der Waals surface area contributed by atoms with Crippen LogP contribution in [-0.2, 0) is 11.3 Å². The molecule has 4 N–H and O–H groups in total. The summed E-state index contributed by atoms with van der Waals surface area (Å²) in [5, 5.41) is 5.83. The Morgan fingerprint density at radius 1 is 1.11 bits per heavy atom. The Morgan fingerprint density at radius 3 is 2.29 bits per heavy atom. The molecule has 1 atom stereocenters. The zero-order valence-electron chi connectivity index (χ0n) is 16.8. The summed E-state index contributed by atoms with van der Waals surface area (Å²) in [5.41, 5.74) is 6.76. The summed E-state index contributed by atoms with van der Waals surface area (Å²) in [6.45, 7) is 8.02. The molecular formula is C20H34Cl2N4O2. The molecule has 160 valence electrons. The molecule has 1 aromatic rings. The van der Waals surface area contributed by atoms with Gasteiger partial charge in [-0.25, -0.2) is 0 Å². The zero-order chi connectivity index (χ0) is 19.0. The van der Waals surface area contributed by atoms with E-state index in [4.69, 9.17) is 5.73 Å². The van der Waals surface area contributed by atoms with E-state index in [9.17, 15) is 9.59 Å². The lowest BCUT2D eigenvalue weighted by Gasteiger charge is -2.22. The van der Waals surface area contributed by atoms with Gasteiger partial charge in [0.25, 0.3) is 5.91 Å². The van der Waals surface area contributed by atoms with Gasteiger partial charge in [-0.05, 0) is 57.0 Å². The molecule has 0 saturated carbocycles. The fraction of sp³-hybridized carbons (Fsp3) is 0.600. The van der Waals surface area contributed by atoms with Gasteiger partial charge < -0.3 is 21.3 Å². The lowest BCUT2D eigenvalue weighted by molar-refractivity contribution is -0.126. The van der Waals surface area contributed by atoms with Gasteiger partial charge in [0, 0.05) is 25.2 Å². The van der Waals surface area contributed by atoms with Crippen LogP contribution in [0.25, 0.3) is 0 Å². The predicted octanol–water partition coefficient (Wildman–Crippen LogP) is 2.49. The minimum absolute atomic E-state index is 0. The first-order valence-electron chi connectivity index (χ1n) is 9.59. The molecule has 6 nitrogen and oxygen atoms in total. The summed E-state index contributed by atoms with van der Waals surface area (Å²) in [6.07, 6.45) is 4.03. The molecular weight excluding hydrogens is 399 g/mol. The lowest BCUT2D eigenvalue weighted by Crippen LogP contribution is -2.51. The molecule has 2 rings (SSSR count). The predicted molar refractivity (Wildman–Crippen MR) is 118 cm³/mol. The molecule has 1 fully saturated rings. The topological polar surface area (TPSA) is 87.5 Å². The Kier molecular flexibility index (Phi) is 12.4. The van der Waals surface area contributed by atoms with Crippen LogP contribution in [0.2, 0.25) is 0 Å². The van der Waals surface area contributed by atoms with Gasteiger partial charge >= 0.3 is 0 Å². The minimum atomic E-state index is -0.843. The highest BCUT2D eigenvalue weighted by atomic mass is 35.5. The fourth-order valence-electron chi connectivity index (χ4n) is 3.23. The lowest BCUT2D eigenvalue weighted by atomic mass is 9.96. The standard InChI is InChI=1S/C20H32N4O2.2ClH/c1-3-10-20(2,21)19(26)23-15-16-6-8-17(9-7-16)18(25)22-11-14-24-12-4-5-13-24;;/h6-9H,3-5,10-15,21H2,1-2H3,(H,22,25)(H,23,26);2*1H. The molecule has 1 aliphatic rings. The van der Waals surface area contributed by atoms with Gasteiger partial charge in [-0.3, -0.25) is 9.59 Å². The number of likely N-dealkylation sites (tertiary alicyclic amines) is 1. The molecule has 0 spiro atoms. The molecule has 0 aliphatic carbocycles. The maximum absolute atomic E-state index is 12.2. The SMILES string of the molecule is CCCC(C)(N)C(=O)NCc1ccc(C(=O)NCCN2CCCC2)cc1.Cl.Cl. The van der Waals surface area contributed by atoms with Crippen molar-refractivity contribution < 1.29 is 9.59 Å². The van der Waals surface area contributed by atoms with Crippen molar-refractivity contribution in [2.75, 3.05) is 26.2 Å². The Hall–Kier alpha value is -1.34. The molecule has 1 aromatic carbocycles. The van der Waals surface area contributed by atoms with Crippen molar-refractivity contribution in [1.82, 2.24) is 15.5 Å². The van der Waals surface area contributed by atoms with Crippen LogP contribution in [0.5, 0.6) is 0 Å². The van der Waals surface area contributed by atoms with Gasteiger partial charge in [0.1, 0.15) is 0 Å². The average Bonchev–Trinajstić information content (AvgIpc) is 3.13. The summed E-state index contributed by atoms with van der Waals surface area (Å²) in [7, 11) is 0. The van der Waals surface area contributed by atoms with Crippen LogP contribution in [0, 0.1) is 0 Å². The Morgan fingerprint density at radius 2 is 1.71 bits per heavy atom. The summed E-state index contributed by atoms with van der Waals surface area (Å²) < 4.78 is 0. The Balaban J connectivity index is 0.00000364. The van der Waals surface area contributed by atoms with Crippen LogP contribution in [0.3, 0.4) is 0 Å². The van der Waals surface area contributed by atoms with Crippen molar-refractivity contribution >= 4 is 36.6 Å². The molecule has 2 amide bonds. The average molecular weight is 433 g/mol. The number of halogens is 2. The van der Waals surface area contributed by atoms with E-state index in [2.05, 4.69) is 15.5 Å². The molecule has 1 saturated heterocycles. The number of carbonyl (C=O) groups excluding carboxylic acids is 2. The highest BCUT2D eigenvalue weighted by molar-refractivity contribution is 5.94. The van der Waals surface area contributed by atoms with Crippen molar-refractivity contribution in [3.63, 3.8) is 0 Å². The van der Waals surface area contributed by atoms with E-state index in [1.165, 1.54) is 12.8 Å². The smallest absolute Gasteiger partial charge is 0.251 e. The highest BCUT2D eigenvalue weighted by Gasteiger charge is 2.26. The number of benzene rings is 1. The first-order chi connectivity index (χ1) is 12.4. The largest absolute Gasteiger partial charge is 0.351 e. The van der Waals surface area contributed by atoms with Gasteiger partial charge in [0.05, 0.1) is 5.54 Å². The molecule has 1 aliphatic heterocycles. The number of nitrogens with zero attached hydrogens (tertiary/aromatic N) is 1. The second-order valence-corrected chi connectivity index (χ2v) is 7.35. The number of amides is 2. The second kappa shape index (κ2) is 13.0. The first-order valence-corrected chi connectivity index (χ1v) is 9.59. The summed E-state index contributed by atoms with van der Waals surface area (Å²) in [4.78, 5) is 26.7. The molecule has 28 heavy (non-hydrogen) atoms. The fourth-order valence-corrected chi connectivity index (χ4v) is 3.23. The maximum Gasteiger partial charge on any atom is 0.251 e. The summed E-state index contributed by atoms with van der Waals surface area (Å²) >= 11 is 0. The van der Waals surface area contributed by atoms with Crippen molar-refractivity contribution in [2.45, 2.75) is 51.6 Å². The van der Waals surface area contributed by atoms with Crippen LogP contribution in [0.1, 0.15) is 55.5 Å². The second-order valence-electron chi connectivity index (χ2n) is 7.35. The van der Waals surface area contributed by atoms with Gasteiger partial charge in [-0.15, -0.1) is 24.8 Å². The maximum atomic E-state index is 12.2. The first kappa shape index (κ1) is 26.7. The number of nitrogens with two attached hydrogens (primary N) is 1. The number of hydrogen-bond donors (Lipinski definition) is 3. The molecule has 1 heterocycles.